The number of anilines is 1. The fraction of sp³-hybridized carbons (Fsp3) is 0.222. The Bertz CT molecular complexity index is 413. The summed E-state index contributed by atoms with van der Waals surface area (Å²) in [6, 6.07) is 1.51. The van der Waals surface area contributed by atoms with Gasteiger partial charge in [0.1, 0.15) is 5.75 Å². The van der Waals surface area contributed by atoms with Gasteiger partial charge in [0.05, 0.1) is 5.56 Å². The van der Waals surface area contributed by atoms with E-state index in [1.165, 1.54) is 0 Å². The molecule has 0 radical (unpaired) electrons. The molecule has 0 aromatic heterocycles. The van der Waals surface area contributed by atoms with Gasteiger partial charge in [0.15, 0.2) is 5.78 Å². The average molecular weight is 219 g/mol. The summed E-state index contributed by atoms with van der Waals surface area (Å²) in [6.07, 6.45) is -4.71. The number of nitrogens with two attached hydrogens (primary N) is 1. The first-order valence-electron chi connectivity index (χ1n) is 3.94. The molecule has 0 aliphatic rings. The van der Waals surface area contributed by atoms with Gasteiger partial charge in [-0.2, -0.15) is 13.2 Å². The van der Waals surface area contributed by atoms with Crippen LogP contribution in [0.3, 0.4) is 0 Å². The molecule has 0 unspecified atom stereocenters. The molecule has 1 aromatic carbocycles. The standard InChI is InChI=1S/C9H8F3NO2/c1-4(14)6-2-5(15)3-7(13)8(6)9(10,11)12/h2-3,15H,13H2,1H3. The van der Waals surface area contributed by atoms with E-state index in [2.05, 4.69) is 0 Å². The van der Waals surface area contributed by atoms with E-state index >= 15 is 0 Å². The van der Waals surface area contributed by atoms with Crippen molar-refractivity contribution in [3.05, 3.63) is 23.3 Å². The van der Waals surface area contributed by atoms with E-state index in [1.807, 2.05) is 0 Å². The maximum absolute atomic E-state index is 12.5. The number of halogens is 3. The number of rotatable bonds is 1. The molecule has 0 saturated heterocycles. The maximum atomic E-state index is 12.5. The molecule has 15 heavy (non-hydrogen) atoms. The minimum atomic E-state index is -4.71. The Kier molecular flexibility index (Phi) is 2.61. The number of ketones is 1. The topological polar surface area (TPSA) is 63.3 Å². The van der Waals surface area contributed by atoms with Crippen LogP contribution in [0.15, 0.2) is 12.1 Å². The second kappa shape index (κ2) is 3.45. The summed E-state index contributed by atoms with van der Waals surface area (Å²) >= 11 is 0. The molecular formula is C9H8F3NO2. The van der Waals surface area contributed by atoms with Crippen LogP contribution in [0.2, 0.25) is 0 Å². The Labute approximate surface area is 83.3 Å². The van der Waals surface area contributed by atoms with Crippen LogP contribution < -0.4 is 5.73 Å². The van der Waals surface area contributed by atoms with Gasteiger partial charge in [0, 0.05) is 17.3 Å². The summed E-state index contributed by atoms with van der Waals surface area (Å²) in [5, 5.41) is 9.03. The molecule has 0 amide bonds. The zero-order valence-corrected chi connectivity index (χ0v) is 7.72. The third-order valence-corrected chi connectivity index (χ3v) is 1.82. The number of aromatic hydroxyl groups is 1. The lowest BCUT2D eigenvalue weighted by Gasteiger charge is -2.13. The van der Waals surface area contributed by atoms with Gasteiger partial charge < -0.3 is 10.8 Å². The number of hydrogen-bond acceptors (Lipinski definition) is 3. The van der Waals surface area contributed by atoms with Crippen LogP contribution in [0.5, 0.6) is 5.75 Å². The molecule has 0 aliphatic heterocycles. The third-order valence-electron chi connectivity index (χ3n) is 1.82. The molecule has 3 N–H and O–H groups in total. The van der Waals surface area contributed by atoms with Crippen molar-refractivity contribution in [2.45, 2.75) is 13.1 Å². The summed E-state index contributed by atoms with van der Waals surface area (Å²) in [4.78, 5) is 11.0. The van der Waals surface area contributed by atoms with E-state index in [1.54, 1.807) is 0 Å². The van der Waals surface area contributed by atoms with E-state index in [-0.39, 0.29) is 0 Å². The van der Waals surface area contributed by atoms with Gasteiger partial charge in [-0.25, -0.2) is 0 Å². The lowest BCUT2D eigenvalue weighted by molar-refractivity contribution is -0.137. The van der Waals surface area contributed by atoms with Crippen molar-refractivity contribution in [1.82, 2.24) is 0 Å². The third kappa shape index (κ3) is 2.20. The molecule has 1 aromatic rings. The van der Waals surface area contributed by atoms with Gasteiger partial charge in [-0.15, -0.1) is 0 Å². The monoisotopic (exact) mass is 219 g/mol. The number of hydrogen-bond donors (Lipinski definition) is 2. The number of Topliss-reactive ketones (excluding diaryl/α,β-unsaturated/α-hetero) is 1. The first-order valence-corrected chi connectivity index (χ1v) is 3.94. The fourth-order valence-electron chi connectivity index (χ4n) is 1.24. The molecule has 0 atom stereocenters. The molecule has 3 nitrogen and oxygen atoms in total. The quantitative estimate of drug-likeness (QED) is 0.562. The summed E-state index contributed by atoms with van der Waals surface area (Å²) in [7, 11) is 0. The fourth-order valence-corrected chi connectivity index (χ4v) is 1.24. The first kappa shape index (κ1) is 11.4. The Hall–Kier alpha value is -1.72. The molecular weight excluding hydrogens is 211 g/mol. The van der Waals surface area contributed by atoms with Crippen LogP contribution in [0, 0.1) is 0 Å². The summed E-state index contributed by atoms with van der Waals surface area (Å²) in [5.41, 5.74) is 2.63. The molecule has 0 saturated carbocycles. The molecule has 0 fully saturated rings. The largest absolute Gasteiger partial charge is 0.508 e. The smallest absolute Gasteiger partial charge is 0.419 e. The molecule has 1 rings (SSSR count). The van der Waals surface area contributed by atoms with E-state index in [0.717, 1.165) is 19.1 Å². The van der Waals surface area contributed by atoms with Crippen molar-refractivity contribution in [3.63, 3.8) is 0 Å². The van der Waals surface area contributed by atoms with Crippen LogP contribution in [0.4, 0.5) is 18.9 Å². The van der Waals surface area contributed by atoms with E-state index in [4.69, 9.17) is 10.8 Å². The maximum Gasteiger partial charge on any atom is 0.419 e. The number of benzene rings is 1. The summed E-state index contributed by atoms with van der Waals surface area (Å²) in [5.74, 6) is -1.27. The second-order valence-electron chi connectivity index (χ2n) is 3.01. The number of nitrogen functional groups attached to an aromatic ring is 1. The predicted molar refractivity (Wildman–Crippen MR) is 47.5 cm³/mol. The van der Waals surface area contributed by atoms with E-state index < -0.39 is 34.5 Å². The van der Waals surface area contributed by atoms with Crippen LogP contribution in [-0.2, 0) is 6.18 Å². The average Bonchev–Trinajstić information content (AvgIpc) is 1.99. The van der Waals surface area contributed by atoms with E-state index in [9.17, 15) is 18.0 Å². The number of carbonyl (C=O) groups excluding carboxylic acids is 1. The summed E-state index contributed by atoms with van der Waals surface area (Å²) in [6.45, 7) is 0.976. The Morgan fingerprint density at radius 1 is 1.40 bits per heavy atom. The highest BCUT2D eigenvalue weighted by Crippen LogP contribution is 2.38. The number of phenolic OH excluding ortho intramolecular Hbond substituents is 1. The van der Waals surface area contributed by atoms with Crippen LogP contribution in [0.1, 0.15) is 22.8 Å². The molecule has 0 heterocycles. The Morgan fingerprint density at radius 2 is 1.93 bits per heavy atom. The molecule has 6 heteroatoms. The Balaban J connectivity index is 3.55. The lowest BCUT2D eigenvalue weighted by Crippen LogP contribution is -2.14. The highest BCUT2D eigenvalue weighted by atomic mass is 19.4. The molecule has 0 aliphatic carbocycles. The van der Waals surface area contributed by atoms with Crippen molar-refractivity contribution in [2.75, 3.05) is 5.73 Å². The minimum Gasteiger partial charge on any atom is -0.508 e. The highest BCUT2D eigenvalue weighted by molar-refractivity contribution is 5.97. The lowest BCUT2D eigenvalue weighted by atomic mass is 10.0. The molecule has 0 bridgehead atoms. The van der Waals surface area contributed by atoms with Crippen molar-refractivity contribution < 1.29 is 23.1 Å². The van der Waals surface area contributed by atoms with Gasteiger partial charge in [-0.05, 0) is 13.0 Å². The SMILES string of the molecule is CC(=O)c1cc(O)cc(N)c1C(F)(F)F. The normalized spacial score (nSPS) is 11.5. The molecule has 82 valence electrons. The van der Waals surface area contributed by atoms with Gasteiger partial charge in [0.25, 0.3) is 0 Å². The minimum absolute atomic E-state index is 0.467. The number of phenols is 1. The van der Waals surface area contributed by atoms with Crippen molar-refractivity contribution >= 4 is 11.5 Å². The van der Waals surface area contributed by atoms with Crippen LogP contribution >= 0.6 is 0 Å². The van der Waals surface area contributed by atoms with Crippen LogP contribution in [0.25, 0.3) is 0 Å². The van der Waals surface area contributed by atoms with E-state index in [0.29, 0.717) is 0 Å². The van der Waals surface area contributed by atoms with Gasteiger partial charge in [-0.1, -0.05) is 0 Å². The number of carbonyl (C=O) groups is 1. The molecule has 0 spiro atoms. The Morgan fingerprint density at radius 3 is 2.33 bits per heavy atom. The van der Waals surface area contributed by atoms with Crippen molar-refractivity contribution in [2.24, 2.45) is 0 Å². The van der Waals surface area contributed by atoms with Gasteiger partial charge in [0.2, 0.25) is 0 Å². The van der Waals surface area contributed by atoms with Crippen LogP contribution in [-0.4, -0.2) is 10.9 Å². The van der Waals surface area contributed by atoms with Gasteiger partial charge in [-0.3, -0.25) is 4.79 Å². The predicted octanol–water partition coefficient (Wildman–Crippen LogP) is 2.20. The summed E-state index contributed by atoms with van der Waals surface area (Å²) < 4.78 is 37.5. The zero-order valence-electron chi connectivity index (χ0n) is 7.72. The number of alkyl halides is 3. The first-order chi connectivity index (χ1) is 6.73. The van der Waals surface area contributed by atoms with Crippen molar-refractivity contribution in [1.29, 1.82) is 0 Å². The second-order valence-corrected chi connectivity index (χ2v) is 3.01. The highest BCUT2D eigenvalue weighted by Gasteiger charge is 2.37. The van der Waals surface area contributed by atoms with Crippen molar-refractivity contribution in [3.8, 4) is 5.75 Å². The zero-order chi connectivity index (χ0) is 11.8. The van der Waals surface area contributed by atoms with Gasteiger partial charge >= 0.3 is 6.18 Å².